The van der Waals surface area contributed by atoms with Crippen molar-refractivity contribution in [1.82, 2.24) is 0 Å². The smallest absolute Gasteiger partial charge is 0.336 e. The first-order chi connectivity index (χ1) is 7.61. The van der Waals surface area contributed by atoms with Crippen LogP contribution in [0.3, 0.4) is 0 Å². The summed E-state index contributed by atoms with van der Waals surface area (Å²) in [6, 6.07) is 7.77. The van der Waals surface area contributed by atoms with Gasteiger partial charge < -0.3 is 14.9 Å². The highest BCUT2D eigenvalue weighted by Crippen LogP contribution is 2.28. The molecule has 0 aliphatic carbocycles. The number of aromatic carboxylic acids is 1. The van der Waals surface area contributed by atoms with Gasteiger partial charge in [0.15, 0.2) is 0 Å². The Labute approximate surface area is 91.7 Å². The van der Waals surface area contributed by atoms with E-state index in [1.807, 2.05) is 0 Å². The van der Waals surface area contributed by atoms with Gasteiger partial charge in [-0.1, -0.05) is 0 Å². The minimum atomic E-state index is -1.06. The molecule has 0 aliphatic heterocycles. The SMILES string of the molecule is COc1ccc2c(C(=O)O)cc(O)cc2c1. The van der Waals surface area contributed by atoms with Gasteiger partial charge in [0.1, 0.15) is 11.5 Å². The second-order valence-electron chi connectivity index (χ2n) is 3.39. The third-order valence-corrected chi connectivity index (χ3v) is 2.37. The molecule has 4 nitrogen and oxygen atoms in total. The fourth-order valence-electron chi connectivity index (χ4n) is 1.64. The molecule has 4 heteroatoms. The van der Waals surface area contributed by atoms with Crippen LogP contribution in [0.15, 0.2) is 30.3 Å². The molecule has 2 N–H and O–H groups in total. The number of carbonyl (C=O) groups is 1. The number of hydrogen-bond acceptors (Lipinski definition) is 3. The van der Waals surface area contributed by atoms with E-state index in [2.05, 4.69) is 0 Å². The lowest BCUT2D eigenvalue weighted by atomic mass is 10.0. The number of benzene rings is 2. The van der Waals surface area contributed by atoms with Gasteiger partial charge in [-0.2, -0.15) is 0 Å². The van der Waals surface area contributed by atoms with Crippen LogP contribution in [0.2, 0.25) is 0 Å². The number of rotatable bonds is 2. The van der Waals surface area contributed by atoms with Crippen molar-refractivity contribution in [2.45, 2.75) is 0 Å². The minimum Gasteiger partial charge on any atom is -0.508 e. The fourth-order valence-corrected chi connectivity index (χ4v) is 1.64. The summed E-state index contributed by atoms with van der Waals surface area (Å²) in [5.41, 5.74) is 0.0812. The molecule has 2 aromatic carbocycles. The summed E-state index contributed by atoms with van der Waals surface area (Å²) in [5.74, 6) is -0.515. The van der Waals surface area contributed by atoms with Crippen molar-refractivity contribution in [3.63, 3.8) is 0 Å². The maximum Gasteiger partial charge on any atom is 0.336 e. The Morgan fingerprint density at radius 2 is 2.00 bits per heavy atom. The molecule has 0 atom stereocenters. The van der Waals surface area contributed by atoms with Crippen LogP contribution in [0.5, 0.6) is 11.5 Å². The minimum absolute atomic E-state index is 0.0712. The van der Waals surface area contributed by atoms with Crippen LogP contribution in [-0.4, -0.2) is 23.3 Å². The normalized spacial score (nSPS) is 10.3. The number of carboxylic acids is 1. The van der Waals surface area contributed by atoms with Crippen molar-refractivity contribution in [3.8, 4) is 11.5 Å². The molecule has 2 aromatic rings. The van der Waals surface area contributed by atoms with Crippen molar-refractivity contribution in [3.05, 3.63) is 35.9 Å². The molecule has 0 heterocycles. The van der Waals surface area contributed by atoms with Crippen LogP contribution in [0.1, 0.15) is 10.4 Å². The van der Waals surface area contributed by atoms with Gasteiger partial charge in [-0.25, -0.2) is 4.79 Å². The highest BCUT2D eigenvalue weighted by Gasteiger charge is 2.10. The molecule has 0 saturated carbocycles. The Kier molecular flexibility index (Phi) is 2.40. The largest absolute Gasteiger partial charge is 0.508 e. The lowest BCUT2D eigenvalue weighted by Crippen LogP contribution is -1.97. The van der Waals surface area contributed by atoms with Crippen molar-refractivity contribution >= 4 is 16.7 Å². The summed E-state index contributed by atoms with van der Waals surface area (Å²) in [4.78, 5) is 11.0. The average molecular weight is 218 g/mol. The standard InChI is InChI=1S/C12H10O4/c1-16-9-2-3-10-7(5-9)4-8(13)6-11(10)12(14)15/h2-6,13H,1H3,(H,14,15). The lowest BCUT2D eigenvalue weighted by molar-refractivity contribution is 0.0698. The van der Waals surface area contributed by atoms with Crippen LogP contribution in [0.4, 0.5) is 0 Å². The van der Waals surface area contributed by atoms with Crippen molar-refractivity contribution < 1.29 is 19.7 Å². The summed E-state index contributed by atoms with van der Waals surface area (Å²) in [7, 11) is 1.53. The molecule has 0 unspecified atom stereocenters. The van der Waals surface area contributed by atoms with Gasteiger partial charge in [0.05, 0.1) is 12.7 Å². The summed E-state index contributed by atoms with van der Waals surface area (Å²) < 4.78 is 5.03. The number of fused-ring (bicyclic) bond motifs is 1. The maximum absolute atomic E-state index is 11.0. The Balaban J connectivity index is 2.78. The first kappa shape index (κ1) is 10.3. The second kappa shape index (κ2) is 3.73. The summed E-state index contributed by atoms with van der Waals surface area (Å²) in [5, 5.41) is 19.6. The van der Waals surface area contributed by atoms with E-state index < -0.39 is 5.97 Å². The van der Waals surface area contributed by atoms with Crippen LogP contribution in [0, 0.1) is 0 Å². The zero-order chi connectivity index (χ0) is 11.7. The van der Waals surface area contributed by atoms with Gasteiger partial charge in [0.2, 0.25) is 0 Å². The Hall–Kier alpha value is -2.23. The number of methoxy groups -OCH3 is 1. The molecular weight excluding hydrogens is 208 g/mol. The molecule has 16 heavy (non-hydrogen) atoms. The highest BCUT2D eigenvalue weighted by atomic mass is 16.5. The van der Waals surface area contributed by atoms with Gasteiger partial charge in [0, 0.05) is 0 Å². The van der Waals surface area contributed by atoms with Gasteiger partial charge in [-0.15, -0.1) is 0 Å². The second-order valence-corrected chi connectivity index (χ2v) is 3.39. The van der Waals surface area contributed by atoms with Gasteiger partial charge >= 0.3 is 5.97 Å². The van der Waals surface area contributed by atoms with Gasteiger partial charge in [0.25, 0.3) is 0 Å². The third kappa shape index (κ3) is 1.65. The Morgan fingerprint density at radius 1 is 1.25 bits per heavy atom. The zero-order valence-corrected chi connectivity index (χ0v) is 8.60. The van der Waals surface area contributed by atoms with Gasteiger partial charge in [-0.05, 0) is 41.1 Å². The quantitative estimate of drug-likeness (QED) is 0.811. The van der Waals surface area contributed by atoms with E-state index in [4.69, 9.17) is 9.84 Å². The molecule has 0 saturated heterocycles. The Bertz CT molecular complexity index is 560. The van der Waals surface area contributed by atoms with Crippen LogP contribution in [-0.2, 0) is 0 Å². The van der Waals surface area contributed by atoms with E-state index in [0.717, 1.165) is 0 Å². The van der Waals surface area contributed by atoms with E-state index in [-0.39, 0.29) is 11.3 Å². The third-order valence-electron chi connectivity index (χ3n) is 2.37. The number of hydrogen-bond donors (Lipinski definition) is 2. The van der Waals surface area contributed by atoms with Crippen molar-refractivity contribution in [2.75, 3.05) is 7.11 Å². The summed E-state index contributed by atoms with van der Waals surface area (Å²) in [6.07, 6.45) is 0. The first-order valence-electron chi connectivity index (χ1n) is 4.66. The average Bonchev–Trinajstić information content (AvgIpc) is 2.26. The molecule has 82 valence electrons. The number of carboxylic acid groups (broad SMARTS) is 1. The molecule has 0 spiro atoms. The van der Waals surface area contributed by atoms with E-state index >= 15 is 0 Å². The molecule has 0 amide bonds. The van der Waals surface area contributed by atoms with Crippen LogP contribution in [0.25, 0.3) is 10.8 Å². The molecule has 0 aliphatic rings. The number of ether oxygens (including phenoxy) is 1. The topological polar surface area (TPSA) is 66.8 Å². The number of phenolic OH excluding ortho intramolecular Hbond substituents is 1. The summed E-state index contributed by atoms with van der Waals surface area (Å²) >= 11 is 0. The van der Waals surface area contributed by atoms with Crippen molar-refractivity contribution in [2.24, 2.45) is 0 Å². The summed E-state index contributed by atoms with van der Waals surface area (Å²) in [6.45, 7) is 0. The number of aromatic hydroxyl groups is 1. The monoisotopic (exact) mass is 218 g/mol. The van der Waals surface area contributed by atoms with Crippen LogP contribution < -0.4 is 4.74 Å². The Morgan fingerprint density at radius 3 is 2.62 bits per heavy atom. The molecule has 0 fully saturated rings. The molecule has 0 radical (unpaired) electrons. The lowest BCUT2D eigenvalue weighted by Gasteiger charge is -2.06. The van der Waals surface area contributed by atoms with Gasteiger partial charge in [-0.3, -0.25) is 0 Å². The predicted octanol–water partition coefficient (Wildman–Crippen LogP) is 2.25. The van der Waals surface area contributed by atoms with E-state index in [1.165, 1.54) is 19.2 Å². The fraction of sp³-hybridized carbons (Fsp3) is 0.0833. The van der Waals surface area contributed by atoms with Crippen molar-refractivity contribution in [1.29, 1.82) is 0 Å². The highest BCUT2D eigenvalue weighted by molar-refractivity contribution is 6.04. The molecule has 0 bridgehead atoms. The maximum atomic E-state index is 11.0. The van der Waals surface area contributed by atoms with E-state index in [9.17, 15) is 9.90 Å². The predicted molar refractivity (Wildman–Crippen MR) is 59.1 cm³/mol. The number of phenols is 1. The van der Waals surface area contributed by atoms with E-state index in [1.54, 1.807) is 18.2 Å². The van der Waals surface area contributed by atoms with E-state index in [0.29, 0.717) is 16.5 Å². The molecule has 0 aromatic heterocycles. The molecular formula is C12H10O4. The van der Waals surface area contributed by atoms with Crippen LogP contribution >= 0.6 is 0 Å². The zero-order valence-electron chi connectivity index (χ0n) is 8.60. The first-order valence-corrected chi connectivity index (χ1v) is 4.66. The molecule has 2 rings (SSSR count).